The molecule has 0 aromatic heterocycles. The summed E-state index contributed by atoms with van der Waals surface area (Å²) in [6.07, 6.45) is 9.61. The van der Waals surface area contributed by atoms with Crippen molar-refractivity contribution in [2.75, 3.05) is 32.9 Å². The molecular weight excluding hydrogens is 356 g/mol. The molecule has 6 nitrogen and oxygen atoms in total. The van der Waals surface area contributed by atoms with Crippen molar-refractivity contribution in [3.05, 3.63) is 23.8 Å². The van der Waals surface area contributed by atoms with E-state index in [-0.39, 0.29) is 12.1 Å². The Morgan fingerprint density at radius 3 is 2.75 bits per heavy atom. The lowest BCUT2D eigenvalue weighted by atomic mass is 9.98. The summed E-state index contributed by atoms with van der Waals surface area (Å²) in [7, 11) is 0. The first-order chi connectivity index (χ1) is 13.8. The van der Waals surface area contributed by atoms with E-state index in [2.05, 4.69) is 11.4 Å². The minimum atomic E-state index is 0.0232. The van der Waals surface area contributed by atoms with Gasteiger partial charge < -0.3 is 24.4 Å². The maximum Gasteiger partial charge on any atom is 0.317 e. The van der Waals surface area contributed by atoms with Gasteiger partial charge in [-0.05, 0) is 49.8 Å². The van der Waals surface area contributed by atoms with Gasteiger partial charge in [0.25, 0.3) is 0 Å². The molecule has 1 saturated carbocycles. The third-order valence-electron chi connectivity index (χ3n) is 5.97. The first kappa shape index (κ1) is 19.4. The van der Waals surface area contributed by atoms with E-state index in [0.29, 0.717) is 25.9 Å². The van der Waals surface area contributed by atoms with Crippen molar-refractivity contribution in [1.82, 2.24) is 10.2 Å². The highest BCUT2D eigenvalue weighted by Crippen LogP contribution is 2.38. The fourth-order valence-electron chi connectivity index (χ4n) is 4.47. The number of benzene rings is 1. The lowest BCUT2D eigenvalue weighted by molar-refractivity contribution is 0.0274. The van der Waals surface area contributed by atoms with E-state index in [0.717, 1.165) is 49.5 Å². The molecule has 2 amide bonds. The number of ether oxygens (including phenoxy) is 3. The van der Waals surface area contributed by atoms with Gasteiger partial charge in [-0.25, -0.2) is 4.79 Å². The Labute approximate surface area is 167 Å². The fourth-order valence-corrected chi connectivity index (χ4v) is 4.47. The van der Waals surface area contributed by atoms with Crippen LogP contribution >= 0.6 is 0 Å². The molecular formula is C22H32N2O4. The maximum absolute atomic E-state index is 12.7. The Kier molecular flexibility index (Phi) is 6.57. The van der Waals surface area contributed by atoms with Crippen LogP contribution in [0, 0.1) is 0 Å². The van der Waals surface area contributed by atoms with Gasteiger partial charge >= 0.3 is 6.03 Å². The van der Waals surface area contributed by atoms with Crippen LogP contribution in [0.15, 0.2) is 18.2 Å². The highest BCUT2D eigenvalue weighted by molar-refractivity contribution is 5.75. The van der Waals surface area contributed by atoms with E-state index in [4.69, 9.17) is 14.2 Å². The van der Waals surface area contributed by atoms with Gasteiger partial charge in [0.05, 0.1) is 12.1 Å². The van der Waals surface area contributed by atoms with E-state index >= 15 is 0 Å². The minimum Gasteiger partial charge on any atom is -0.486 e. The average Bonchev–Trinajstić information content (AvgIpc) is 3.24. The van der Waals surface area contributed by atoms with Crippen molar-refractivity contribution in [3.8, 4) is 11.5 Å². The lowest BCUT2D eigenvalue weighted by Crippen LogP contribution is -2.40. The number of carbonyl (C=O) groups excluding carboxylic acids is 1. The minimum absolute atomic E-state index is 0.0232. The van der Waals surface area contributed by atoms with Gasteiger partial charge in [0, 0.05) is 19.7 Å². The van der Waals surface area contributed by atoms with Crippen LogP contribution in [-0.4, -0.2) is 49.9 Å². The summed E-state index contributed by atoms with van der Waals surface area (Å²) >= 11 is 0. The molecule has 154 valence electrons. The lowest BCUT2D eigenvalue weighted by Gasteiger charge is -2.27. The molecule has 3 aliphatic rings. The molecule has 6 heteroatoms. The second-order valence-electron chi connectivity index (χ2n) is 7.97. The van der Waals surface area contributed by atoms with Crippen molar-refractivity contribution < 1.29 is 19.0 Å². The maximum atomic E-state index is 12.7. The summed E-state index contributed by atoms with van der Waals surface area (Å²) in [5.41, 5.74) is 1.12. The molecule has 1 aromatic rings. The summed E-state index contributed by atoms with van der Waals surface area (Å²) in [4.78, 5) is 14.7. The molecule has 0 spiro atoms. The zero-order valence-electron chi connectivity index (χ0n) is 16.7. The molecule has 28 heavy (non-hydrogen) atoms. The first-order valence-corrected chi connectivity index (χ1v) is 10.9. The van der Waals surface area contributed by atoms with E-state index in [1.165, 1.54) is 32.1 Å². The number of hydrogen-bond acceptors (Lipinski definition) is 4. The van der Waals surface area contributed by atoms with Crippen LogP contribution in [0.5, 0.6) is 11.5 Å². The molecule has 1 saturated heterocycles. The number of amides is 2. The molecule has 0 radical (unpaired) electrons. The van der Waals surface area contributed by atoms with Crippen LogP contribution in [0.3, 0.4) is 0 Å². The first-order valence-electron chi connectivity index (χ1n) is 10.9. The molecule has 1 aromatic carbocycles. The van der Waals surface area contributed by atoms with Crippen molar-refractivity contribution in [2.24, 2.45) is 0 Å². The quantitative estimate of drug-likeness (QED) is 0.747. The van der Waals surface area contributed by atoms with Gasteiger partial charge in [0.2, 0.25) is 0 Å². The number of fused-ring (bicyclic) bond motifs is 1. The van der Waals surface area contributed by atoms with E-state index in [1.54, 1.807) is 0 Å². The Bertz CT molecular complexity index is 660. The van der Waals surface area contributed by atoms with Crippen molar-refractivity contribution >= 4 is 6.03 Å². The van der Waals surface area contributed by atoms with Gasteiger partial charge in [-0.15, -0.1) is 0 Å². The summed E-state index contributed by atoms with van der Waals surface area (Å²) in [6, 6.07) is 6.18. The van der Waals surface area contributed by atoms with Crippen molar-refractivity contribution in [1.29, 1.82) is 0 Å². The highest BCUT2D eigenvalue weighted by atomic mass is 16.6. The SMILES string of the molecule is O=C(NCCCOC1CCCCC1)N1CCCC1c1ccc2c(c1)OCCO2. The number of likely N-dealkylation sites (tertiary alicyclic amines) is 1. The average molecular weight is 389 g/mol. The summed E-state index contributed by atoms with van der Waals surface area (Å²) in [5, 5.41) is 3.08. The van der Waals surface area contributed by atoms with E-state index in [1.807, 2.05) is 17.0 Å². The highest BCUT2D eigenvalue weighted by Gasteiger charge is 2.30. The number of carbonyl (C=O) groups is 1. The van der Waals surface area contributed by atoms with Crippen molar-refractivity contribution in [3.63, 3.8) is 0 Å². The van der Waals surface area contributed by atoms with Crippen LogP contribution in [0.4, 0.5) is 4.79 Å². The summed E-state index contributed by atoms with van der Waals surface area (Å²) in [5.74, 6) is 1.58. The predicted molar refractivity (Wildman–Crippen MR) is 107 cm³/mol. The van der Waals surface area contributed by atoms with Gasteiger partial charge in [0.15, 0.2) is 11.5 Å². The number of hydrogen-bond donors (Lipinski definition) is 1. The third-order valence-corrected chi connectivity index (χ3v) is 5.97. The normalized spacial score (nSPS) is 22.3. The van der Waals surface area contributed by atoms with Gasteiger partial charge in [-0.1, -0.05) is 25.3 Å². The smallest absolute Gasteiger partial charge is 0.317 e. The second-order valence-corrected chi connectivity index (χ2v) is 7.97. The zero-order valence-corrected chi connectivity index (χ0v) is 16.7. The Hall–Kier alpha value is -1.95. The number of nitrogens with zero attached hydrogens (tertiary/aromatic N) is 1. The van der Waals surface area contributed by atoms with Crippen LogP contribution in [-0.2, 0) is 4.74 Å². The summed E-state index contributed by atoms with van der Waals surface area (Å²) in [6.45, 7) is 3.36. The van der Waals surface area contributed by atoms with Gasteiger partial charge in [0.1, 0.15) is 13.2 Å². The molecule has 1 aliphatic carbocycles. The van der Waals surface area contributed by atoms with Gasteiger partial charge in [-0.3, -0.25) is 0 Å². The van der Waals surface area contributed by atoms with E-state index < -0.39 is 0 Å². The van der Waals surface area contributed by atoms with Gasteiger partial charge in [-0.2, -0.15) is 0 Å². The predicted octanol–water partition coefficient (Wildman–Crippen LogP) is 4.04. The zero-order chi connectivity index (χ0) is 19.2. The standard InChI is InChI=1S/C22H32N2O4/c25-22(23-11-5-13-26-18-6-2-1-3-7-18)24-12-4-8-19(24)17-9-10-20-21(16-17)28-15-14-27-20/h9-10,16,18-19H,1-8,11-15H2,(H,23,25). The van der Waals surface area contributed by atoms with E-state index in [9.17, 15) is 4.79 Å². The topological polar surface area (TPSA) is 60.0 Å². The van der Waals surface area contributed by atoms with Crippen LogP contribution in [0.1, 0.15) is 63.0 Å². The Morgan fingerprint density at radius 2 is 1.89 bits per heavy atom. The molecule has 0 bridgehead atoms. The number of urea groups is 1. The third kappa shape index (κ3) is 4.72. The molecule has 2 heterocycles. The second kappa shape index (κ2) is 9.50. The molecule has 4 rings (SSSR count). The fraction of sp³-hybridized carbons (Fsp3) is 0.682. The van der Waals surface area contributed by atoms with Crippen LogP contribution < -0.4 is 14.8 Å². The van der Waals surface area contributed by atoms with Crippen molar-refractivity contribution in [2.45, 2.75) is 63.5 Å². The van der Waals surface area contributed by atoms with Crippen LogP contribution in [0.25, 0.3) is 0 Å². The largest absolute Gasteiger partial charge is 0.486 e. The number of nitrogens with one attached hydrogen (secondary N) is 1. The molecule has 1 N–H and O–H groups in total. The molecule has 1 atom stereocenters. The Morgan fingerprint density at radius 1 is 1.07 bits per heavy atom. The number of rotatable bonds is 6. The Balaban J connectivity index is 1.24. The summed E-state index contributed by atoms with van der Waals surface area (Å²) < 4.78 is 17.3. The molecule has 2 fully saturated rings. The monoisotopic (exact) mass is 388 g/mol. The molecule has 1 unspecified atom stereocenters. The van der Waals surface area contributed by atoms with Crippen LogP contribution in [0.2, 0.25) is 0 Å². The molecule has 2 aliphatic heterocycles.